The summed E-state index contributed by atoms with van der Waals surface area (Å²) in [4.78, 5) is 37.0. The van der Waals surface area contributed by atoms with Gasteiger partial charge < -0.3 is 24.2 Å². The molecular formula is C30H38ClFN4O7S. The molecule has 5 rings (SSSR count). The molecule has 0 spiro atoms. The zero-order valence-corrected chi connectivity index (χ0v) is 27.5. The van der Waals surface area contributed by atoms with E-state index in [9.17, 15) is 18.0 Å². The van der Waals surface area contributed by atoms with E-state index in [1.165, 1.54) is 0 Å². The number of amides is 2. The second kappa shape index (κ2) is 11.3. The fourth-order valence-electron chi connectivity index (χ4n) is 6.01. The summed E-state index contributed by atoms with van der Waals surface area (Å²) in [6.45, 7) is 11.5. The molecule has 1 unspecified atom stereocenters. The maximum Gasteiger partial charge on any atom is 0.410 e. The number of benzene rings is 1. The topological polar surface area (TPSA) is 119 Å². The third kappa shape index (κ3) is 6.32. The molecule has 2 fully saturated rings. The zero-order chi connectivity index (χ0) is 32.4. The van der Waals surface area contributed by atoms with Gasteiger partial charge in [-0.2, -0.15) is 8.42 Å². The number of halogens is 2. The quantitative estimate of drug-likeness (QED) is 0.436. The maximum atomic E-state index is 15.5. The highest BCUT2D eigenvalue weighted by molar-refractivity contribution is 7.86. The minimum atomic E-state index is -3.77. The lowest BCUT2D eigenvalue weighted by Crippen LogP contribution is -2.58. The van der Waals surface area contributed by atoms with E-state index in [-0.39, 0.29) is 66.2 Å². The Bertz CT molecular complexity index is 1610. The normalized spacial score (nSPS) is 21.8. The number of piperazine rings is 1. The SMILES string of the molecule is Cc1cccc(-c2nc(N3CC(OS(C)(=O)=O)CC3(C)C)c3c(c2Cl)OC[C@H]2CN(C(=O)OC(C)(C)C)CCN2C3=O)c1F. The summed E-state index contributed by atoms with van der Waals surface area (Å²) >= 11 is 6.91. The van der Waals surface area contributed by atoms with Crippen LogP contribution in [-0.2, 0) is 19.0 Å². The first-order valence-corrected chi connectivity index (χ1v) is 16.6. The van der Waals surface area contributed by atoms with Gasteiger partial charge in [0.1, 0.15) is 34.4 Å². The van der Waals surface area contributed by atoms with Crippen molar-refractivity contribution in [2.24, 2.45) is 0 Å². The number of carbonyl (C=O) groups is 2. The molecule has 11 nitrogen and oxygen atoms in total. The molecule has 2 saturated heterocycles. The number of carbonyl (C=O) groups excluding carboxylic acids is 2. The molecule has 3 aliphatic heterocycles. The van der Waals surface area contributed by atoms with Crippen LogP contribution in [0.1, 0.15) is 57.0 Å². The molecule has 1 aromatic carbocycles. The fraction of sp³-hybridized carbons (Fsp3) is 0.567. The summed E-state index contributed by atoms with van der Waals surface area (Å²) < 4.78 is 56.6. The minimum absolute atomic E-state index is 0.0140. The van der Waals surface area contributed by atoms with E-state index >= 15 is 4.39 Å². The summed E-state index contributed by atoms with van der Waals surface area (Å²) in [6.07, 6.45) is 0.112. The Kier molecular flexibility index (Phi) is 8.30. The fourth-order valence-corrected chi connectivity index (χ4v) is 6.93. The average Bonchev–Trinajstić information content (AvgIpc) is 3.10. The number of nitrogens with zero attached hydrogens (tertiary/aromatic N) is 4. The van der Waals surface area contributed by atoms with Gasteiger partial charge in [-0.05, 0) is 59.6 Å². The molecule has 0 N–H and O–H groups in total. The van der Waals surface area contributed by atoms with E-state index in [1.54, 1.807) is 60.6 Å². The minimum Gasteiger partial charge on any atom is -0.489 e. The van der Waals surface area contributed by atoms with Gasteiger partial charge in [0.2, 0.25) is 0 Å². The van der Waals surface area contributed by atoms with E-state index < -0.39 is 51.2 Å². The third-order valence-electron chi connectivity index (χ3n) is 7.96. The summed E-state index contributed by atoms with van der Waals surface area (Å²) in [5.74, 6) is -0.684. The first kappa shape index (κ1) is 32.2. The first-order chi connectivity index (χ1) is 20.4. The number of anilines is 1. The molecule has 0 aliphatic carbocycles. The van der Waals surface area contributed by atoms with Crippen LogP contribution in [0.15, 0.2) is 18.2 Å². The second-order valence-electron chi connectivity index (χ2n) is 13.2. The predicted molar refractivity (Wildman–Crippen MR) is 163 cm³/mol. The monoisotopic (exact) mass is 652 g/mol. The van der Waals surface area contributed by atoms with E-state index in [4.69, 9.17) is 30.2 Å². The number of hydrogen-bond acceptors (Lipinski definition) is 9. The van der Waals surface area contributed by atoms with Crippen LogP contribution in [0.25, 0.3) is 11.3 Å². The van der Waals surface area contributed by atoms with Gasteiger partial charge in [0, 0.05) is 37.3 Å². The summed E-state index contributed by atoms with van der Waals surface area (Å²) in [5, 5.41) is -0.0219. The van der Waals surface area contributed by atoms with Crippen molar-refractivity contribution < 1.29 is 36.1 Å². The highest BCUT2D eigenvalue weighted by atomic mass is 35.5. The van der Waals surface area contributed by atoms with Gasteiger partial charge in [0.25, 0.3) is 16.0 Å². The van der Waals surface area contributed by atoms with Crippen molar-refractivity contribution >= 4 is 39.5 Å². The highest BCUT2D eigenvalue weighted by Crippen LogP contribution is 2.47. The average molecular weight is 653 g/mol. The summed E-state index contributed by atoms with van der Waals surface area (Å²) in [5.41, 5.74) is -0.698. The standard InChI is InChI=1S/C30H38ClFN4O7S/c1-17-9-8-10-20(23(17)32)24-22(31)25-21(26(33-24)36-15-19(13-30(36,5)6)43-44(7,39)40)27(37)35-12-11-34(14-18(35)16-41-25)28(38)42-29(2,3)4/h8-10,18-19H,11-16H2,1-7H3/t18-,19?/m1/s1. The van der Waals surface area contributed by atoms with Crippen LogP contribution < -0.4 is 9.64 Å². The second-order valence-corrected chi connectivity index (χ2v) is 15.2. The van der Waals surface area contributed by atoms with Gasteiger partial charge in [0.15, 0.2) is 5.75 Å². The van der Waals surface area contributed by atoms with Gasteiger partial charge in [-0.3, -0.25) is 8.98 Å². The number of hydrogen-bond donors (Lipinski definition) is 0. The molecular weight excluding hydrogens is 615 g/mol. The molecule has 2 amide bonds. The number of ether oxygens (including phenoxy) is 2. The Morgan fingerprint density at radius 1 is 1.20 bits per heavy atom. The van der Waals surface area contributed by atoms with Crippen LogP contribution in [0.3, 0.4) is 0 Å². The highest BCUT2D eigenvalue weighted by Gasteiger charge is 2.46. The summed E-state index contributed by atoms with van der Waals surface area (Å²) in [7, 11) is -3.77. The lowest BCUT2D eigenvalue weighted by molar-refractivity contribution is 0.000951. The van der Waals surface area contributed by atoms with Gasteiger partial charge in [-0.25, -0.2) is 14.2 Å². The van der Waals surface area contributed by atoms with E-state index in [0.717, 1.165) is 6.26 Å². The Labute approximate surface area is 262 Å². The van der Waals surface area contributed by atoms with Crippen LogP contribution in [0, 0.1) is 12.7 Å². The largest absolute Gasteiger partial charge is 0.489 e. The predicted octanol–water partition coefficient (Wildman–Crippen LogP) is 4.64. The van der Waals surface area contributed by atoms with Crippen molar-refractivity contribution in [2.45, 2.75) is 71.2 Å². The van der Waals surface area contributed by atoms with Crippen LogP contribution in [-0.4, -0.2) is 97.5 Å². The number of rotatable bonds is 4. The molecule has 0 saturated carbocycles. The molecule has 0 radical (unpaired) electrons. The van der Waals surface area contributed by atoms with Crippen LogP contribution in [0.5, 0.6) is 5.75 Å². The van der Waals surface area contributed by atoms with Gasteiger partial charge in [-0.15, -0.1) is 0 Å². The third-order valence-corrected chi connectivity index (χ3v) is 8.93. The number of pyridine rings is 1. The lowest BCUT2D eigenvalue weighted by Gasteiger charge is -2.40. The molecule has 2 atom stereocenters. The van der Waals surface area contributed by atoms with E-state index in [1.807, 2.05) is 13.8 Å². The molecule has 0 bridgehead atoms. The van der Waals surface area contributed by atoms with Crippen molar-refractivity contribution in [3.8, 4) is 17.0 Å². The van der Waals surface area contributed by atoms with Gasteiger partial charge in [0.05, 0.1) is 24.1 Å². The van der Waals surface area contributed by atoms with Crippen molar-refractivity contribution in [2.75, 3.05) is 43.9 Å². The van der Waals surface area contributed by atoms with Crippen molar-refractivity contribution in [1.29, 1.82) is 0 Å². The van der Waals surface area contributed by atoms with Crippen molar-refractivity contribution in [1.82, 2.24) is 14.8 Å². The number of aromatic nitrogens is 1. The lowest BCUT2D eigenvalue weighted by atomic mass is 9.99. The Hall–Kier alpha value is -3.16. The zero-order valence-electron chi connectivity index (χ0n) is 25.9. The van der Waals surface area contributed by atoms with Crippen LogP contribution >= 0.6 is 11.6 Å². The Balaban J connectivity index is 1.61. The first-order valence-electron chi connectivity index (χ1n) is 14.4. The Morgan fingerprint density at radius 3 is 2.57 bits per heavy atom. The van der Waals surface area contributed by atoms with E-state index in [2.05, 4.69) is 0 Å². The number of fused-ring (bicyclic) bond motifs is 2. The number of aryl methyl sites for hydroxylation is 1. The van der Waals surface area contributed by atoms with Crippen LogP contribution in [0.2, 0.25) is 5.02 Å². The molecule has 3 aliphatic rings. The summed E-state index contributed by atoms with van der Waals surface area (Å²) in [6, 6.07) is 4.34. The van der Waals surface area contributed by atoms with E-state index in [0.29, 0.717) is 12.0 Å². The Morgan fingerprint density at radius 2 is 1.91 bits per heavy atom. The molecule has 14 heteroatoms. The molecule has 1 aromatic heterocycles. The smallest absolute Gasteiger partial charge is 0.410 e. The molecule has 4 heterocycles. The van der Waals surface area contributed by atoms with Crippen molar-refractivity contribution in [3.05, 3.63) is 40.2 Å². The molecule has 2 aromatic rings. The van der Waals surface area contributed by atoms with Crippen molar-refractivity contribution in [3.63, 3.8) is 0 Å². The maximum absolute atomic E-state index is 15.5. The molecule has 240 valence electrons. The van der Waals surface area contributed by atoms with Crippen LogP contribution in [0.4, 0.5) is 15.0 Å². The molecule has 44 heavy (non-hydrogen) atoms. The van der Waals surface area contributed by atoms with Gasteiger partial charge >= 0.3 is 6.09 Å². The van der Waals surface area contributed by atoms with Gasteiger partial charge in [-0.1, -0.05) is 23.7 Å².